The van der Waals surface area contributed by atoms with Crippen LogP contribution < -0.4 is 5.73 Å². The highest BCUT2D eigenvalue weighted by Crippen LogP contribution is 2.37. The summed E-state index contributed by atoms with van der Waals surface area (Å²) in [6.07, 6.45) is 9.94. The van der Waals surface area contributed by atoms with Crippen molar-refractivity contribution in [2.24, 2.45) is 23.2 Å². The van der Waals surface area contributed by atoms with Crippen molar-refractivity contribution < 1.29 is 14.6 Å². The van der Waals surface area contributed by atoms with Crippen molar-refractivity contribution in [3.63, 3.8) is 0 Å². The lowest BCUT2D eigenvalue weighted by molar-refractivity contribution is -0.000285. The first-order valence-electron chi connectivity index (χ1n) is 10.2. The molecule has 0 unspecified atom stereocenters. The number of para-hydroxylation sites is 1. The summed E-state index contributed by atoms with van der Waals surface area (Å²) in [5.41, 5.74) is 7.94. The topological polar surface area (TPSA) is 106 Å². The molecule has 5 rings (SSSR count). The Morgan fingerprint density at radius 1 is 1.23 bits per heavy atom. The summed E-state index contributed by atoms with van der Waals surface area (Å²) in [6, 6.07) is 9.82. The SMILES string of the molecule is C1=Nc2ccccc2C1.CO.Cn1cccn1.NC(=O)N1CC[C@@]2(CCCOC2)C1. The first-order valence-corrected chi connectivity index (χ1v) is 10.2. The molecule has 1 atom stereocenters. The Morgan fingerprint density at radius 3 is 2.57 bits per heavy atom. The van der Waals surface area contributed by atoms with Gasteiger partial charge in [-0.25, -0.2) is 4.79 Å². The molecule has 2 aromatic rings. The molecule has 3 N–H and O–H groups in total. The van der Waals surface area contributed by atoms with E-state index in [-0.39, 0.29) is 11.4 Å². The number of nitrogens with zero attached hydrogens (tertiary/aromatic N) is 4. The first-order chi connectivity index (χ1) is 14.6. The number of amides is 2. The zero-order valence-corrected chi connectivity index (χ0v) is 17.9. The van der Waals surface area contributed by atoms with Gasteiger partial charge in [0.15, 0.2) is 0 Å². The van der Waals surface area contributed by atoms with Gasteiger partial charge in [-0.15, -0.1) is 0 Å². The minimum Gasteiger partial charge on any atom is -0.400 e. The Kier molecular flexibility index (Phi) is 9.50. The third-order valence-corrected chi connectivity index (χ3v) is 5.32. The molecule has 164 valence electrons. The second kappa shape index (κ2) is 12.1. The lowest BCUT2D eigenvalue weighted by atomic mass is 9.82. The van der Waals surface area contributed by atoms with Crippen LogP contribution in [0.15, 0.2) is 47.7 Å². The van der Waals surface area contributed by atoms with Crippen LogP contribution in [-0.2, 0) is 18.2 Å². The fourth-order valence-corrected chi connectivity index (χ4v) is 3.75. The molecule has 4 heterocycles. The number of aliphatic imine (C=N–C) groups is 1. The number of fused-ring (bicyclic) bond motifs is 1. The second-order valence-corrected chi connectivity index (χ2v) is 7.49. The maximum atomic E-state index is 10.9. The Hall–Kier alpha value is -2.71. The van der Waals surface area contributed by atoms with Crippen molar-refractivity contribution in [1.82, 2.24) is 14.7 Å². The van der Waals surface area contributed by atoms with E-state index < -0.39 is 0 Å². The molecule has 0 saturated carbocycles. The van der Waals surface area contributed by atoms with Crippen molar-refractivity contribution in [3.05, 3.63) is 48.3 Å². The number of rotatable bonds is 0. The molecule has 1 aromatic carbocycles. The van der Waals surface area contributed by atoms with Gasteiger partial charge in [-0.2, -0.15) is 5.10 Å². The van der Waals surface area contributed by atoms with Gasteiger partial charge < -0.3 is 20.5 Å². The number of carbonyl (C=O) groups is 1. The van der Waals surface area contributed by atoms with Gasteiger partial charge in [-0.05, 0) is 37.0 Å². The van der Waals surface area contributed by atoms with Gasteiger partial charge in [0.2, 0.25) is 0 Å². The normalized spacial score (nSPS) is 20.8. The molecule has 3 aliphatic heterocycles. The highest BCUT2D eigenvalue weighted by Gasteiger charge is 2.40. The molecule has 2 saturated heterocycles. The maximum Gasteiger partial charge on any atom is 0.314 e. The summed E-state index contributed by atoms with van der Waals surface area (Å²) >= 11 is 0. The number of aliphatic hydroxyl groups is 1. The quantitative estimate of drug-likeness (QED) is 0.690. The largest absolute Gasteiger partial charge is 0.400 e. The number of likely N-dealkylation sites (tertiary alicyclic amines) is 1. The highest BCUT2D eigenvalue weighted by atomic mass is 16.5. The fraction of sp³-hybridized carbons (Fsp3) is 0.500. The Morgan fingerprint density at radius 2 is 2.03 bits per heavy atom. The smallest absolute Gasteiger partial charge is 0.314 e. The molecule has 0 aliphatic carbocycles. The average Bonchev–Trinajstić information content (AvgIpc) is 3.53. The Bertz CT molecular complexity index is 786. The third kappa shape index (κ3) is 6.96. The van der Waals surface area contributed by atoms with E-state index in [1.807, 2.05) is 43.7 Å². The number of benzene rings is 1. The number of primary amides is 1. The average molecular weight is 416 g/mol. The summed E-state index contributed by atoms with van der Waals surface area (Å²) in [7, 11) is 2.89. The van der Waals surface area contributed by atoms with Crippen molar-refractivity contribution in [1.29, 1.82) is 0 Å². The molecule has 1 aromatic heterocycles. The van der Waals surface area contributed by atoms with Crippen LogP contribution in [0.25, 0.3) is 0 Å². The molecule has 1 spiro atoms. The van der Waals surface area contributed by atoms with E-state index in [4.69, 9.17) is 15.6 Å². The van der Waals surface area contributed by atoms with E-state index in [0.717, 1.165) is 58.4 Å². The summed E-state index contributed by atoms with van der Waals surface area (Å²) in [5, 5.41) is 10.8. The zero-order chi connectivity index (χ0) is 21.8. The van der Waals surface area contributed by atoms with Crippen molar-refractivity contribution in [3.8, 4) is 0 Å². The van der Waals surface area contributed by atoms with E-state index in [2.05, 4.69) is 16.2 Å². The van der Waals surface area contributed by atoms with Crippen LogP contribution in [0.2, 0.25) is 0 Å². The van der Waals surface area contributed by atoms with E-state index in [9.17, 15) is 4.79 Å². The van der Waals surface area contributed by atoms with Gasteiger partial charge >= 0.3 is 6.03 Å². The van der Waals surface area contributed by atoms with E-state index in [1.54, 1.807) is 15.8 Å². The lowest BCUT2D eigenvalue weighted by Gasteiger charge is -2.32. The van der Waals surface area contributed by atoms with E-state index in [1.165, 1.54) is 12.0 Å². The number of aliphatic hydroxyl groups excluding tert-OH is 1. The number of carbonyl (C=O) groups excluding carboxylic acids is 1. The number of ether oxygens (including phenoxy) is 1. The number of hydrogen-bond acceptors (Lipinski definition) is 5. The van der Waals surface area contributed by atoms with Gasteiger partial charge in [-0.1, -0.05) is 18.2 Å². The monoisotopic (exact) mass is 415 g/mol. The van der Waals surface area contributed by atoms with Gasteiger partial charge in [0.05, 0.1) is 12.3 Å². The maximum absolute atomic E-state index is 10.9. The molecular formula is C22H33N5O3. The predicted molar refractivity (Wildman–Crippen MR) is 118 cm³/mol. The number of urea groups is 1. The van der Waals surface area contributed by atoms with Crippen LogP contribution in [0.1, 0.15) is 24.8 Å². The van der Waals surface area contributed by atoms with Crippen LogP contribution in [-0.4, -0.2) is 65.4 Å². The lowest BCUT2D eigenvalue weighted by Crippen LogP contribution is -2.39. The third-order valence-electron chi connectivity index (χ3n) is 5.32. The Labute approximate surface area is 178 Å². The van der Waals surface area contributed by atoms with Crippen molar-refractivity contribution in [2.75, 3.05) is 33.4 Å². The summed E-state index contributed by atoms with van der Waals surface area (Å²) in [6.45, 7) is 3.27. The van der Waals surface area contributed by atoms with Gasteiger partial charge in [0.1, 0.15) is 0 Å². The first kappa shape index (κ1) is 23.6. The fourth-order valence-electron chi connectivity index (χ4n) is 3.75. The molecular weight excluding hydrogens is 382 g/mol. The van der Waals surface area contributed by atoms with Crippen LogP contribution in [0, 0.1) is 5.41 Å². The van der Waals surface area contributed by atoms with E-state index >= 15 is 0 Å². The minimum atomic E-state index is -0.289. The van der Waals surface area contributed by atoms with Gasteiger partial charge in [0, 0.05) is 64.3 Å². The van der Waals surface area contributed by atoms with Gasteiger partial charge in [-0.3, -0.25) is 9.67 Å². The van der Waals surface area contributed by atoms with E-state index in [0.29, 0.717) is 0 Å². The second-order valence-electron chi connectivity index (χ2n) is 7.49. The Balaban J connectivity index is 0.000000164. The number of nitrogens with two attached hydrogens (primary N) is 1. The molecule has 30 heavy (non-hydrogen) atoms. The number of aryl methyl sites for hydroxylation is 1. The van der Waals surface area contributed by atoms with Crippen LogP contribution in [0.3, 0.4) is 0 Å². The number of hydrogen-bond donors (Lipinski definition) is 2. The summed E-state index contributed by atoms with van der Waals surface area (Å²) in [4.78, 5) is 16.8. The highest BCUT2D eigenvalue weighted by molar-refractivity contribution is 5.75. The van der Waals surface area contributed by atoms with Crippen LogP contribution in [0.4, 0.5) is 10.5 Å². The van der Waals surface area contributed by atoms with Crippen molar-refractivity contribution in [2.45, 2.75) is 25.7 Å². The minimum absolute atomic E-state index is 0.229. The summed E-state index contributed by atoms with van der Waals surface area (Å²) in [5.74, 6) is 0. The van der Waals surface area contributed by atoms with Crippen LogP contribution in [0.5, 0.6) is 0 Å². The molecule has 3 aliphatic rings. The zero-order valence-electron chi connectivity index (χ0n) is 17.9. The summed E-state index contributed by atoms with van der Waals surface area (Å²) < 4.78 is 7.21. The molecule has 2 fully saturated rings. The van der Waals surface area contributed by atoms with Gasteiger partial charge in [0.25, 0.3) is 0 Å². The molecule has 8 heteroatoms. The number of aromatic nitrogens is 2. The molecule has 2 amide bonds. The molecule has 0 radical (unpaired) electrons. The molecule has 8 nitrogen and oxygen atoms in total. The molecule has 0 bridgehead atoms. The van der Waals surface area contributed by atoms with Crippen LogP contribution >= 0.6 is 0 Å². The predicted octanol–water partition coefficient (Wildman–Crippen LogP) is 2.54. The standard InChI is InChI=1S/C9H16N2O2.C8H7N.C4H6N2.CH4O/c10-8(12)11-4-3-9(6-11)2-1-5-13-7-9;1-2-4-8-7(3-1)5-6-9-8;1-6-4-2-3-5-6;1-2/h1-7H2,(H2,10,12);1-4,6H,5H2;2-4H,1H3;2H,1H3/t9-;;;/m0.../s1. The van der Waals surface area contributed by atoms with Crippen molar-refractivity contribution >= 4 is 17.9 Å².